The van der Waals surface area contributed by atoms with Gasteiger partial charge in [0.25, 0.3) is 0 Å². The number of nitrogens with zero attached hydrogens (tertiary/aromatic N) is 4. The van der Waals surface area contributed by atoms with E-state index in [-0.39, 0.29) is 5.92 Å². The van der Waals surface area contributed by atoms with Crippen molar-refractivity contribution in [3.05, 3.63) is 5.69 Å². The van der Waals surface area contributed by atoms with Crippen LogP contribution in [0, 0.1) is 17.2 Å². The Morgan fingerprint density at radius 3 is 3.00 bits per heavy atom. The molecule has 0 radical (unpaired) electrons. The van der Waals surface area contributed by atoms with Crippen molar-refractivity contribution < 1.29 is 0 Å². The summed E-state index contributed by atoms with van der Waals surface area (Å²) in [6, 6.07) is 2.21. The maximum Gasteiger partial charge on any atom is 0.134 e. The second-order valence-electron chi connectivity index (χ2n) is 3.53. The fourth-order valence-electron chi connectivity index (χ4n) is 1.33. The second kappa shape index (κ2) is 5.63. The van der Waals surface area contributed by atoms with Crippen molar-refractivity contribution in [3.8, 4) is 6.07 Å². The maximum atomic E-state index is 8.70. The Kier molecular flexibility index (Phi) is 4.46. The lowest BCUT2D eigenvalue weighted by Gasteiger charge is -2.16. The van der Waals surface area contributed by atoms with E-state index >= 15 is 0 Å². The summed E-state index contributed by atoms with van der Waals surface area (Å²) >= 11 is 1.35. The van der Waals surface area contributed by atoms with Crippen molar-refractivity contribution in [2.45, 2.75) is 13.5 Å². The normalized spacial score (nSPS) is 12.5. The van der Waals surface area contributed by atoms with Crippen molar-refractivity contribution in [2.75, 3.05) is 26.0 Å². The van der Waals surface area contributed by atoms with Gasteiger partial charge in [0.15, 0.2) is 0 Å². The van der Waals surface area contributed by atoms with Crippen molar-refractivity contribution >= 4 is 16.5 Å². The minimum absolute atomic E-state index is 0.0413. The molecule has 0 saturated carbocycles. The first-order chi connectivity index (χ1) is 7.17. The molecule has 0 fully saturated rings. The fraction of sp³-hybridized carbons (Fsp3) is 0.667. The van der Waals surface area contributed by atoms with E-state index in [1.165, 1.54) is 11.5 Å². The Bertz CT molecular complexity index is 343. The van der Waals surface area contributed by atoms with E-state index in [0.29, 0.717) is 0 Å². The summed E-state index contributed by atoms with van der Waals surface area (Å²) in [5.74, 6) is 0.0413. The Labute approximate surface area is 93.9 Å². The maximum absolute atomic E-state index is 8.70. The third-order valence-corrected chi connectivity index (χ3v) is 2.79. The first-order valence-electron chi connectivity index (χ1n) is 4.74. The molecule has 1 atom stereocenters. The van der Waals surface area contributed by atoms with Gasteiger partial charge in [0.1, 0.15) is 10.7 Å². The summed E-state index contributed by atoms with van der Waals surface area (Å²) in [6.45, 7) is 3.38. The zero-order valence-corrected chi connectivity index (χ0v) is 10.0. The molecule has 0 aliphatic rings. The Morgan fingerprint density at radius 2 is 2.40 bits per heavy atom. The van der Waals surface area contributed by atoms with Crippen molar-refractivity contribution in [3.63, 3.8) is 0 Å². The minimum atomic E-state index is 0.0413. The van der Waals surface area contributed by atoms with Gasteiger partial charge >= 0.3 is 0 Å². The molecule has 0 aliphatic heterocycles. The third-order valence-electron chi connectivity index (χ3n) is 2.01. The van der Waals surface area contributed by atoms with Crippen LogP contribution in [0.3, 0.4) is 0 Å². The SMILES string of the molecule is CNc1snnc1CN(C)CC(C)C#N. The van der Waals surface area contributed by atoms with E-state index in [1.807, 2.05) is 21.0 Å². The summed E-state index contributed by atoms with van der Waals surface area (Å²) in [7, 11) is 3.84. The van der Waals surface area contributed by atoms with Gasteiger partial charge in [-0.3, -0.25) is 4.90 Å². The van der Waals surface area contributed by atoms with Gasteiger partial charge in [-0.15, -0.1) is 5.10 Å². The van der Waals surface area contributed by atoms with Crippen LogP contribution in [0.25, 0.3) is 0 Å². The summed E-state index contributed by atoms with van der Waals surface area (Å²) < 4.78 is 3.88. The lowest BCUT2D eigenvalue weighted by atomic mass is 10.2. The van der Waals surface area contributed by atoms with Crippen LogP contribution in [0.5, 0.6) is 0 Å². The monoisotopic (exact) mass is 225 g/mol. The highest BCUT2D eigenvalue weighted by molar-refractivity contribution is 7.10. The number of nitriles is 1. The van der Waals surface area contributed by atoms with Crippen molar-refractivity contribution in [1.82, 2.24) is 14.5 Å². The van der Waals surface area contributed by atoms with Crippen LogP contribution in [-0.4, -0.2) is 35.1 Å². The fourth-order valence-corrected chi connectivity index (χ4v) is 1.85. The highest BCUT2D eigenvalue weighted by Gasteiger charge is 2.11. The van der Waals surface area contributed by atoms with E-state index < -0.39 is 0 Å². The first-order valence-corrected chi connectivity index (χ1v) is 5.51. The minimum Gasteiger partial charge on any atom is -0.377 e. The third kappa shape index (κ3) is 3.46. The molecule has 5 nitrogen and oxygen atoms in total. The van der Waals surface area contributed by atoms with Crippen LogP contribution in [-0.2, 0) is 6.54 Å². The molecule has 0 aromatic carbocycles. The van der Waals surface area contributed by atoms with E-state index in [1.54, 1.807) is 0 Å². The van der Waals surface area contributed by atoms with Gasteiger partial charge in [-0.1, -0.05) is 4.49 Å². The summed E-state index contributed by atoms with van der Waals surface area (Å²) in [5.41, 5.74) is 0.940. The number of nitrogens with one attached hydrogen (secondary N) is 1. The van der Waals surface area contributed by atoms with E-state index in [4.69, 9.17) is 5.26 Å². The predicted molar refractivity (Wildman–Crippen MR) is 60.6 cm³/mol. The van der Waals surface area contributed by atoms with Gasteiger partial charge in [0.2, 0.25) is 0 Å². The zero-order valence-electron chi connectivity index (χ0n) is 9.19. The largest absolute Gasteiger partial charge is 0.377 e. The molecule has 1 aromatic heterocycles. The number of hydrogen-bond donors (Lipinski definition) is 1. The smallest absolute Gasteiger partial charge is 0.134 e. The van der Waals surface area contributed by atoms with E-state index in [0.717, 1.165) is 23.8 Å². The molecule has 1 N–H and O–H groups in total. The summed E-state index contributed by atoms with van der Waals surface area (Å²) in [5, 5.41) is 16.8. The van der Waals surface area contributed by atoms with Crippen LogP contribution < -0.4 is 5.32 Å². The molecular formula is C9H15N5S. The number of anilines is 1. The number of hydrogen-bond acceptors (Lipinski definition) is 6. The van der Waals surface area contributed by atoms with E-state index in [9.17, 15) is 0 Å². The van der Waals surface area contributed by atoms with Gasteiger partial charge in [0, 0.05) is 31.7 Å². The van der Waals surface area contributed by atoms with Crippen LogP contribution in [0.4, 0.5) is 5.00 Å². The second-order valence-corrected chi connectivity index (χ2v) is 4.28. The van der Waals surface area contributed by atoms with Gasteiger partial charge in [0.05, 0.1) is 12.0 Å². The quantitative estimate of drug-likeness (QED) is 0.815. The lowest BCUT2D eigenvalue weighted by molar-refractivity contribution is 0.300. The van der Waals surface area contributed by atoms with Crippen LogP contribution >= 0.6 is 11.5 Å². The lowest BCUT2D eigenvalue weighted by Crippen LogP contribution is -2.23. The number of rotatable bonds is 5. The topological polar surface area (TPSA) is 64.8 Å². The Balaban J connectivity index is 2.51. The average Bonchev–Trinajstić information content (AvgIpc) is 2.64. The van der Waals surface area contributed by atoms with Crippen molar-refractivity contribution in [2.24, 2.45) is 5.92 Å². The molecule has 82 valence electrons. The Morgan fingerprint density at radius 1 is 1.67 bits per heavy atom. The standard InChI is InChI=1S/C9H15N5S/c1-7(4-10)5-14(3)6-8-9(11-2)15-13-12-8/h7,11H,5-6H2,1-3H3. The van der Waals surface area contributed by atoms with Crippen molar-refractivity contribution in [1.29, 1.82) is 5.26 Å². The molecule has 1 rings (SSSR count). The molecule has 15 heavy (non-hydrogen) atoms. The zero-order chi connectivity index (χ0) is 11.3. The van der Waals surface area contributed by atoms with Crippen LogP contribution in [0.15, 0.2) is 0 Å². The molecule has 1 aromatic rings. The molecule has 0 aliphatic carbocycles. The molecule has 6 heteroatoms. The van der Waals surface area contributed by atoms with Gasteiger partial charge in [-0.25, -0.2) is 0 Å². The van der Waals surface area contributed by atoms with Crippen LogP contribution in [0.2, 0.25) is 0 Å². The first kappa shape index (κ1) is 11.9. The molecule has 1 heterocycles. The number of aromatic nitrogens is 2. The van der Waals surface area contributed by atoms with Gasteiger partial charge < -0.3 is 5.32 Å². The highest BCUT2D eigenvalue weighted by atomic mass is 32.1. The van der Waals surface area contributed by atoms with Gasteiger partial charge in [-0.2, -0.15) is 5.26 Å². The summed E-state index contributed by atoms with van der Waals surface area (Å²) in [6.07, 6.45) is 0. The molecule has 0 spiro atoms. The van der Waals surface area contributed by atoms with Crippen LogP contribution in [0.1, 0.15) is 12.6 Å². The predicted octanol–water partition coefficient (Wildman–Crippen LogP) is 1.17. The molecular weight excluding hydrogens is 210 g/mol. The van der Waals surface area contributed by atoms with E-state index in [2.05, 4.69) is 25.9 Å². The molecule has 0 saturated heterocycles. The molecule has 1 unspecified atom stereocenters. The average molecular weight is 225 g/mol. The Hall–Kier alpha value is -1.19. The molecule has 0 amide bonds. The summed E-state index contributed by atoms with van der Waals surface area (Å²) in [4.78, 5) is 2.07. The molecule has 0 bridgehead atoms. The van der Waals surface area contributed by atoms with Gasteiger partial charge in [-0.05, 0) is 14.0 Å². The highest BCUT2D eigenvalue weighted by Crippen LogP contribution is 2.18.